The number of aromatic nitrogens is 4. The smallest absolute Gasteiger partial charge is 0.296 e. The number of nitrogens with zero attached hydrogens (tertiary/aromatic N) is 5. The van der Waals surface area contributed by atoms with Crippen LogP contribution in [0.25, 0.3) is 16.9 Å². The molecule has 1 aromatic carbocycles. The van der Waals surface area contributed by atoms with Gasteiger partial charge in [-0.05, 0) is 57.6 Å². The van der Waals surface area contributed by atoms with E-state index >= 15 is 0 Å². The number of fused-ring (bicyclic) bond motifs is 1. The number of ether oxygens (including phenoxy) is 1. The molecule has 0 spiro atoms. The molecule has 1 saturated heterocycles. The molecule has 5 rings (SSSR count). The van der Waals surface area contributed by atoms with Crippen LogP contribution in [-0.4, -0.2) is 57.4 Å². The first kappa shape index (κ1) is 23.9. The number of anilines is 2. The van der Waals surface area contributed by atoms with Crippen LogP contribution in [0.5, 0.6) is 0 Å². The highest BCUT2D eigenvalue weighted by atomic mass is 19.3. The number of hydrogen-bond donors (Lipinski definition) is 2. The van der Waals surface area contributed by atoms with Gasteiger partial charge in [-0.15, -0.1) is 0 Å². The summed E-state index contributed by atoms with van der Waals surface area (Å²) in [5, 5.41) is 3.39. The van der Waals surface area contributed by atoms with Crippen LogP contribution in [-0.2, 0) is 4.74 Å². The monoisotopic (exact) mass is 485 g/mol. The number of imidazole rings is 1. The summed E-state index contributed by atoms with van der Waals surface area (Å²) in [4.78, 5) is 15.8. The Balaban J connectivity index is 1.54. The van der Waals surface area contributed by atoms with Crippen molar-refractivity contribution in [1.29, 1.82) is 0 Å². The summed E-state index contributed by atoms with van der Waals surface area (Å²) in [6.45, 7) is 6.09. The lowest BCUT2D eigenvalue weighted by Crippen LogP contribution is -2.46. The van der Waals surface area contributed by atoms with E-state index in [4.69, 9.17) is 15.5 Å². The molecule has 3 N–H and O–H groups in total. The maximum atomic E-state index is 14.1. The van der Waals surface area contributed by atoms with Gasteiger partial charge in [-0.2, -0.15) is 9.97 Å². The number of rotatable bonds is 6. The Morgan fingerprint density at radius 3 is 2.43 bits per heavy atom. The zero-order chi connectivity index (χ0) is 24.5. The molecular weight excluding hydrogens is 452 g/mol. The molecule has 188 valence electrons. The lowest BCUT2D eigenvalue weighted by Gasteiger charge is -2.36. The molecule has 2 atom stereocenters. The van der Waals surface area contributed by atoms with Gasteiger partial charge in [-0.1, -0.05) is 12.1 Å². The molecule has 0 radical (unpaired) electrons. The number of alkyl halides is 2. The van der Waals surface area contributed by atoms with E-state index in [1.807, 2.05) is 19.9 Å². The van der Waals surface area contributed by atoms with E-state index in [0.717, 1.165) is 32.2 Å². The second-order valence-corrected chi connectivity index (χ2v) is 9.83. The van der Waals surface area contributed by atoms with Gasteiger partial charge in [0.25, 0.3) is 6.43 Å². The largest absolute Gasteiger partial charge is 0.372 e. The first-order valence-corrected chi connectivity index (χ1v) is 12.4. The summed E-state index contributed by atoms with van der Waals surface area (Å²) in [6.07, 6.45) is 1.47. The van der Waals surface area contributed by atoms with Gasteiger partial charge in [0, 0.05) is 31.7 Å². The van der Waals surface area contributed by atoms with Crippen LogP contribution in [0.15, 0.2) is 30.3 Å². The summed E-state index contributed by atoms with van der Waals surface area (Å²) in [5.41, 5.74) is 7.15. The lowest BCUT2D eigenvalue weighted by atomic mass is 9.86. The predicted molar refractivity (Wildman–Crippen MR) is 132 cm³/mol. The molecule has 10 heteroatoms. The van der Waals surface area contributed by atoms with Crippen molar-refractivity contribution in [2.45, 2.75) is 64.2 Å². The average molecular weight is 486 g/mol. The third-order valence-electron chi connectivity index (χ3n) is 6.89. The molecule has 3 heterocycles. The maximum absolute atomic E-state index is 14.1. The Labute approximate surface area is 203 Å². The molecule has 2 aliphatic rings. The van der Waals surface area contributed by atoms with E-state index in [1.165, 1.54) is 4.57 Å². The highest BCUT2D eigenvalue weighted by Gasteiger charge is 2.27. The van der Waals surface area contributed by atoms with E-state index < -0.39 is 6.43 Å². The van der Waals surface area contributed by atoms with Gasteiger partial charge in [0.2, 0.25) is 5.95 Å². The van der Waals surface area contributed by atoms with Crippen molar-refractivity contribution in [2.24, 2.45) is 11.7 Å². The van der Waals surface area contributed by atoms with Crippen molar-refractivity contribution in [3.63, 3.8) is 0 Å². The Kier molecular flexibility index (Phi) is 6.84. The van der Waals surface area contributed by atoms with Crippen LogP contribution in [0.3, 0.4) is 0 Å². The van der Waals surface area contributed by atoms with Gasteiger partial charge >= 0.3 is 0 Å². The summed E-state index contributed by atoms with van der Waals surface area (Å²) in [7, 11) is 0. The minimum atomic E-state index is -2.74. The number of benzene rings is 1. The molecular formula is C25H33F2N7O. The van der Waals surface area contributed by atoms with Crippen LogP contribution in [0.2, 0.25) is 0 Å². The van der Waals surface area contributed by atoms with Crippen LogP contribution >= 0.6 is 0 Å². The molecule has 8 nitrogen and oxygen atoms in total. The maximum Gasteiger partial charge on any atom is 0.296 e. The standard InChI is InChI=1S/C25H33F2N7O/c1-15-13-33(14-16(2)35-15)21-11-22(32-25(31-21)29-12-17-7-9-18(28)10-8-17)34-20-6-4-3-5-19(20)30-24(34)23(26)27/h3-6,11,15-18,23H,7-10,12-14,28H2,1-2H3,(H,29,31,32). The number of para-hydroxylation sites is 2. The molecule has 2 aromatic heterocycles. The van der Waals surface area contributed by atoms with Gasteiger partial charge in [-0.25, -0.2) is 13.8 Å². The van der Waals surface area contributed by atoms with Crippen molar-refractivity contribution in [1.82, 2.24) is 19.5 Å². The fraction of sp³-hybridized carbons (Fsp3) is 0.560. The summed E-state index contributed by atoms with van der Waals surface area (Å²) < 4.78 is 35.4. The second-order valence-electron chi connectivity index (χ2n) is 9.83. The lowest BCUT2D eigenvalue weighted by molar-refractivity contribution is -0.00546. The molecule has 1 aliphatic heterocycles. The van der Waals surface area contributed by atoms with Crippen molar-refractivity contribution in [3.8, 4) is 5.82 Å². The Morgan fingerprint density at radius 2 is 1.71 bits per heavy atom. The van der Waals surface area contributed by atoms with Crippen molar-refractivity contribution < 1.29 is 13.5 Å². The number of halogens is 2. The van der Waals surface area contributed by atoms with Crippen molar-refractivity contribution >= 4 is 22.8 Å². The van der Waals surface area contributed by atoms with Crippen molar-refractivity contribution in [3.05, 3.63) is 36.2 Å². The Bertz CT molecular complexity index is 1150. The molecule has 2 fully saturated rings. The molecule has 0 amide bonds. The van der Waals surface area contributed by atoms with Gasteiger partial charge in [0.1, 0.15) is 11.6 Å². The Morgan fingerprint density at radius 1 is 1.03 bits per heavy atom. The van der Waals surface area contributed by atoms with Gasteiger partial charge in [0.15, 0.2) is 5.82 Å². The fourth-order valence-electron chi connectivity index (χ4n) is 5.20. The first-order valence-electron chi connectivity index (χ1n) is 12.4. The van der Waals surface area contributed by atoms with E-state index in [9.17, 15) is 8.78 Å². The van der Waals surface area contributed by atoms with E-state index in [0.29, 0.717) is 47.6 Å². The van der Waals surface area contributed by atoms with Crippen molar-refractivity contribution in [2.75, 3.05) is 29.9 Å². The van der Waals surface area contributed by atoms with E-state index in [2.05, 4.69) is 20.2 Å². The minimum Gasteiger partial charge on any atom is -0.372 e. The van der Waals surface area contributed by atoms with Crippen LogP contribution in [0.1, 0.15) is 51.8 Å². The predicted octanol–water partition coefficient (Wildman–Crippen LogP) is 4.30. The second kappa shape index (κ2) is 10.0. The molecule has 1 aliphatic carbocycles. The summed E-state index contributed by atoms with van der Waals surface area (Å²) in [6, 6.07) is 9.18. The zero-order valence-electron chi connectivity index (χ0n) is 20.2. The third kappa shape index (κ3) is 5.23. The highest BCUT2D eigenvalue weighted by molar-refractivity contribution is 5.78. The number of hydrogen-bond acceptors (Lipinski definition) is 7. The zero-order valence-corrected chi connectivity index (χ0v) is 20.2. The van der Waals surface area contributed by atoms with Gasteiger partial charge < -0.3 is 20.7 Å². The number of nitrogens with two attached hydrogens (primary N) is 1. The quantitative estimate of drug-likeness (QED) is 0.538. The molecule has 2 unspecified atom stereocenters. The van der Waals surface area contributed by atoms with E-state index in [-0.39, 0.29) is 24.1 Å². The molecule has 0 bridgehead atoms. The van der Waals surface area contributed by atoms with Crippen LogP contribution < -0.4 is 16.0 Å². The average Bonchev–Trinajstić information content (AvgIpc) is 3.23. The molecule has 35 heavy (non-hydrogen) atoms. The SMILES string of the molecule is CC1CN(c2cc(-n3c(C(F)F)nc4ccccc43)nc(NCC3CCC(N)CC3)n2)CC(C)O1. The molecule has 1 saturated carbocycles. The summed E-state index contributed by atoms with van der Waals surface area (Å²) >= 11 is 0. The topological polar surface area (TPSA) is 94.1 Å². The summed E-state index contributed by atoms with van der Waals surface area (Å²) in [5.74, 6) is 1.64. The first-order chi connectivity index (χ1) is 16.9. The fourth-order valence-corrected chi connectivity index (χ4v) is 5.20. The van der Waals surface area contributed by atoms with Crippen LogP contribution in [0.4, 0.5) is 20.5 Å². The highest BCUT2D eigenvalue weighted by Crippen LogP contribution is 2.30. The third-order valence-corrected chi connectivity index (χ3v) is 6.89. The Hall–Kier alpha value is -2.85. The van der Waals surface area contributed by atoms with Crippen LogP contribution in [0, 0.1) is 5.92 Å². The molecule has 3 aromatic rings. The minimum absolute atomic E-state index is 0.0331. The van der Waals surface area contributed by atoms with Gasteiger partial charge in [-0.3, -0.25) is 4.57 Å². The number of nitrogens with one attached hydrogen (secondary N) is 1. The van der Waals surface area contributed by atoms with Gasteiger partial charge in [0.05, 0.1) is 23.2 Å². The van der Waals surface area contributed by atoms with E-state index in [1.54, 1.807) is 24.3 Å². The number of morpholine rings is 1. The normalized spacial score (nSPS) is 25.4.